The lowest BCUT2D eigenvalue weighted by Gasteiger charge is -2.22. The first-order valence-electron chi connectivity index (χ1n) is 7.40. The molecule has 0 bridgehead atoms. The summed E-state index contributed by atoms with van der Waals surface area (Å²) in [5.41, 5.74) is 0. The average molecular weight is 310 g/mol. The highest BCUT2D eigenvalue weighted by atomic mass is 16.5. The van der Waals surface area contributed by atoms with Gasteiger partial charge in [0.2, 0.25) is 11.8 Å². The lowest BCUT2D eigenvalue weighted by molar-refractivity contribution is -0.145. The van der Waals surface area contributed by atoms with E-state index in [0.29, 0.717) is 25.7 Å². The molecule has 0 saturated heterocycles. The van der Waals surface area contributed by atoms with Gasteiger partial charge in [-0.15, -0.1) is 12.3 Å². The van der Waals surface area contributed by atoms with E-state index in [2.05, 4.69) is 16.6 Å². The summed E-state index contributed by atoms with van der Waals surface area (Å²) in [6.45, 7) is 5.25. The van der Waals surface area contributed by atoms with Gasteiger partial charge in [-0.2, -0.15) is 0 Å². The number of amides is 2. The van der Waals surface area contributed by atoms with Gasteiger partial charge in [0.05, 0.1) is 7.11 Å². The lowest BCUT2D eigenvalue weighted by Crippen LogP contribution is -2.51. The Morgan fingerprint density at radius 3 is 2.27 bits per heavy atom. The molecule has 0 aromatic carbocycles. The fraction of sp³-hybridized carbons (Fsp3) is 0.688. The zero-order valence-electron chi connectivity index (χ0n) is 13.8. The third-order valence-corrected chi connectivity index (χ3v) is 3.02. The van der Waals surface area contributed by atoms with Crippen molar-refractivity contribution in [3.05, 3.63) is 0 Å². The van der Waals surface area contributed by atoms with Gasteiger partial charge >= 0.3 is 5.97 Å². The van der Waals surface area contributed by atoms with Gasteiger partial charge < -0.3 is 15.4 Å². The van der Waals surface area contributed by atoms with Gasteiger partial charge in [-0.1, -0.05) is 13.8 Å². The Kier molecular flexibility index (Phi) is 9.68. The molecule has 6 nitrogen and oxygen atoms in total. The molecule has 2 N–H and O–H groups in total. The molecule has 0 rings (SSSR count). The molecule has 0 saturated carbocycles. The van der Waals surface area contributed by atoms with E-state index in [-0.39, 0.29) is 17.7 Å². The second-order valence-electron chi connectivity index (χ2n) is 5.56. The van der Waals surface area contributed by atoms with Gasteiger partial charge in [-0.05, 0) is 25.2 Å². The first-order chi connectivity index (χ1) is 10.3. The molecule has 2 amide bonds. The minimum Gasteiger partial charge on any atom is -0.467 e. The van der Waals surface area contributed by atoms with Gasteiger partial charge in [0, 0.05) is 13.3 Å². The van der Waals surface area contributed by atoms with Gasteiger partial charge in [-0.3, -0.25) is 9.59 Å². The van der Waals surface area contributed by atoms with Gasteiger partial charge in [0.1, 0.15) is 12.1 Å². The van der Waals surface area contributed by atoms with Crippen molar-refractivity contribution >= 4 is 17.8 Å². The third kappa shape index (κ3) is 8.30. The number of hydrogen-bond donors (Lipinski definition) is 2. The van der Waals surface area contributed by atoms with Crippen LogP contribution in [0.1, 0.15) is 46.5 Å². The Labute approximate surface area is 132 Å². The van der Waals surface area contributed by atoms with E-state index in [0.717, 1.165) is 0 Å². The van der Waals surface area contributed by atoms with Gasteiger partial charge in [0.15, 0.2) is 0 Å². The normalized spacial score (nSPS) is 12.9. The number of nitrogens with one attached hydrogen (secondary N) is 2. The highest BCUT2D eigenvalue weighted by Gasteiger charge is 2.26. The van der Waals surface area contributed by atoms with Crippen molar-refractivity contribution in [3.8, 4) is 12.3 Å². The zero-order chi connectivity index (χ0) is 17.1. The molecule has 22 heavy (non-hydrogen) atoms. The maximum atomic E-state index is 12.3. The summed E-state index contributed by atoms with van der Waals surface area (Å²) in [5.74, 6) is 1.51. The number of esters is 1. The molecule has 0 aromatic heterocycles. The molecule has 0 heterocycles. The van der Waals surface area contributed by atoms with Crippen LogP contribution in [0.4, 0.5) is 0 Å². The van der Waals surface area contributed by atoms with Crippen LogP contribution in [0.25, 0.3) is 0 Å². The van der Waals surface area contributed by atoms with Gasteiger partial charge in [0.25, 0.3) is 0 Å². The molecule has 0 unspecified atom stereocenters. The van der Waals surface area contributed by atoms with Crippen LogP contribution in [0.5, 0.6) is 0 Å². The molecule has 0 aromatic rings. The summed E-state index contributed by atoms with van der Waals surface area (Å²) in [7, 11) is 1.27. The topological polar surface area (TPSA) is 84.5 Å². The zero-order valence-corrected chi connectivity index (χ0v) is 13.8. The number of unbranched alkanes of at least 4 members (excludes halogenated alkanes) is 1. The summed E-state index contributed by atoms with van der Waals surface area (Å²) in [6, 6.07) is -1.42. The molecule has 0 aliphatic carbocycles. The van der Waals surface area contributed by atoms with Crippen molar-refractivity contribution in [2.45, 2.75) is 58.5 Å². The molecule has 0 radical (unpaired) electrons. The highest BCUT2D eigenvalue weighted by molar-refractivity contribution is 5.90. The van der Waals surface area contributed by atoms with Crippen LogP contribution < -0.4 is 10.6 Å². The smallest absolute Gasteiger partial charge is 0.328 e. The number of carbonyl (C=O) groups is 3. The molecule has 2 atom stereocenters. The van der Waals surface area contributed by atoms with E-state index in [9.17, 15) is 14.4 Å². The summed E-state index contributed by atoms with van der Waals surface area (Å²) in [6.07, 6.45) is 7.19. The minimum absolute atomic E-state index is 0.223. The van der Waals surface area contributed by atoms with Gasteiger partial charge in [-0.25, -0.2) is 4.79 Å². The van der Waals surface area contributed by atoms with E-state index in [1.807, 2.05) is 13.8 Å². The van der Waals surface area contributed by atoms with E-state index in [1.165, 1.54) is 14.0 Å². The molecule has 0 fully saturated rings. The lowest BCUT2D eigenvalue weighted by atomic mass is 10.0. The van der Waals surface area contributed by atoms with Crippen LogP contribution in [-0.4, -0.2) is 37.0 Å². The van der Waals surface area contributed by atoms with E-state index < -0.39 is 18.1 Å². The van der Waals surface area contributed by atoms with E-state index in [4.69, 9.17) is 11.2 Å². The van der Waals surface area contributed by atoms with E-state index in [1.54, 1.807) is 0 Å². The van der Waals surface area contributed by atoms with Crippen molar-refractivity contribution in [2.75, 3.05) is 7.11 Å². The summed E-state index contributed by atoms with van der Waals surface area (Å²) >= 11 is 0. The quantitative estimate of drug-likeness (QED) is 0.378. The molecule has 0 spiro atoms. The summed E-state index contributed by atoms with van der Waals surface area (Å²) in [4.78, 5) is 35.3. The highest BCUT2D eigenvalue weighted by Crippen LogP contribution is 2.08. The maximum Gasteiger partial charge on any atom is 0.328 e. The number of hydrogen-bond acceptors (Lipinski definition) is 4. The minimum atomic E-state index is -0.755. The number of rotatable bonds is 9. The van der Waals surface area contributed by atoms with Crippen LogP contribution in [0.3, 0.4) is 0 Å². The predicted molar refractivity (Wildman–Crippen MR) is 83.7 cm³/mol. The molecule has 124 valence electrons. The van der Waals surface area contributed by atoms with Crippen LogP contribution in [-0.2, 0) is 19.1 Å². The van der Waals surface area contributed by atoms with Crippen molar-refractivity contribution in [1.82, 2.24) is 10.6 Å². The van der Waals surface area contributed by atoms with E-state index >= 15 is 0 Å². The van der Waals surface area contributed by atoms with Crippen LogP contribution in [0, 0.1) is 18.3 Å². The predicted octanol–water partition coefficient (Wildman–Crippen LogP) is 0.999. The van der Waals surface area contributed by atoms with Crippen LogP contribution in [0.15, 0.2) is 0 Å². The fourth-order valence-corrected chi connectivity index (χ4v) is 2.02. The maximum absolute atomic E-state index is 12.3. The van der Waals surface area contributed by atoms with Crippen LogP contribution in [0.2, 0.25) is 0 Å². The second kappa shape index (κ2) is 10.7. The SMILES string of the molecule is C#CCCC[C@@H](NC(=O)[C@H](CC(C)C)NC(C)=O)C(=O)OC. The number of terminal acetylenes is 1. The Bertz CT molecular complexity index is 426. The fourth-order valence-electron chi connectivity index (χ4n) is 2.02. The Morgan fingerprint density at radius 1 is 1.18 bits per heavy atom. The average Bonchev–Trinajstić information content (AvgIpc) is 2.43. The number of methoxy groups -OCH3 is 1. The summed E-state index contributed by atoms with van der Waals surface area (Å²) in [5, 5.41) is 5.25. The summed E-state index contributed by atoms with van der Waals surface area (Å²) < 4.78 is 4.69. The van der Waals surface area contributed by atoms with Crippen molar-refractivity contribution in [1.29, 1.82) is 0 Å². The molecule has 0 aliphatic heterocycles. The molecule has 6 heteroatoms. The largest absolute Gasteiger partial charge is 0.467 e. The standard InChI is InChI=1S/C16H26N2O4/c1-6-7-8-9-13(16(21)22-5)18-15(20)14(10-11(2)3)17-12(4)19/h1,11,13-14H,7-10H2,2-5H3,(H,17,19)(H,18,20)/t13-,14+/m1/s1. The van der Waals surface area contributed by atoms with Crippen molar-refractivity contribution < 1.29 is 19.1 Å². The first-order valence-corrected chi connectivity index (χ1v) is 7.40. The number of ether oxygens (including phenoxy) is 1. The first kappa shape index (κ1) is 20.0. The number of carbonyl (C=O) groups excluding carboxylic acids is 3. The van der Waals surface area contributed by atoms with Crippen molar-refractivity contribution in [2.24, 2.45) is 5.92 Å². The molecular weight excluding hydrogens is 284 g/mol. The Hall–Kier alpha value is -2.03. The molecular formula is C16H26N2O4. The molecule has 0 aliphatic rings. The Balaban J connectivity index is 4.82. The third-order valence-electron chi connectivity index (χ3n) is 3.02. The van der Waals surface area contributed by atoms with Crippen LogP contribution >= 0.6 is 0 Å². The second-order valence-corrected chi connectivity index (χ2v) is 5.56. The Morgan fingerprint density at radius 2 is 1.82 bits per heavy atom. The monoisotopic (exact) mass is 310 g/mol. The van der Waals surface area contributed by atoms with Crippen molar-refractivity contribution in [3.63, 3.8) is 0 Å².